The molecular weight excluding hydrogens is 396 g/mol. The van der Waals surface area contributed by atoms with Gasteiger partial charge in [0, 0.05) is 44.5 Å². The van der Waals surface area contributed by atoms with Crippen molar-refractivity contribution >= 4 is 23.6 Å². The summed E-state index contributed by atoms with van der Waals surface area (Å²) in [7, 11) is 0. The number of esters is 1. The summed E-state index contributed by atoms with van der Waals surface area (Å²) in [5, 5.41) is 2.90. The largest absolute Gasteiger partial charge is 0.492 e. The van der Waals surface area contributed by atoms with E-state index in [0.29, 0.717) is 38.3 Å². The molecular formula is C23H22N4O4. The number of aliphatic imine (C=N–C) groups is 1. The molecule has 8 heteroatoms. The van der Waals surface area contributed by atoms with Gasteiger partial charge in [0.05, 0.1) is 12.2 Å². The van der Waals surface area contributed by atoms with Crippen molar-refractivity contribution in [2.24, 2.45) is 4.99 Å². The number of anilines is 1. The minimum absolute atomic E-state index is 0.128. The number of nitrogens with zero attached hydrogens (tertiary/aromatic N) is 3. The van der Waals surface area contributed by atoms with Crippen LogP contribution in [0.5, 0.6) is 5.75 Å². The minimum atomic E-state index is -0.477. The van der Waals surface area contributed by atoms with Gasteiger partial charge in [0.15, 0.2) is 5.70 Å². The van der Waals surface area contributed by atoms with E-state index < -0.39 is 5.97 Å². The molecule has 0 bridgehead atoms. The van der Waals surface area contributed by atoms with Crippen molar-refractivity contribution in [3.63, 3.8) is 0 Å². The number of carbonyl (C=O) groups is 2. The third-order valence-electron chi connectivity index (χ3n) is 5.50. The summed E-state index contributed by atoms with van der Waals surface area (Å²) in [4.78, 5) is 33.0. The van der Waals surface area contributed by atoms with Crippen molar-refractivity contribution in [1.82, 2.24) is 9.80 Å². The summed E-state index contributed by atoms with van der Waals surface area (Å²) in [6.07, 6.45) is 2.56. The van der Waals surface area contributed by atoms with E-state index in [0.717, 1.165) is 23.4 Å². The first-order valence-electron chi connectivity index (χ1n) is 10.3. The van der Waals surface area contributed by atoms with Crippen LogP contribution >= 0.6 is 0 Å². The minimum Gasteiger partial charge on any atom is -0.492 e. The summed E-state index contributed by atoms with van der Waals surface area (Å²) >= 11 is 0. The van der Waals surface area contributed by atoms with Gasteiger partial charge in [-0.05, 0) is 23.8 Å². The number of nitrogens with one attached hydrogen (secondary N) is 1. The van der Waals surface area contributed by atoms with Crippen molar-refractivity contribution in [2.45, 2.75) is 6.42 Å². The van der Waals surface area contributed by atoms with E-state index >= 15 is 0 Å². The van der Waals surface area contributed by atoms with Gasteiger partial charge in [-0.15, -0.1) is 0 Å². The molecule has 158 valence electrons. The van der Waals surface area contributed by atoms with E-state index in [-0.39, 0.29) is 17.6 Å². The van der Waals surface area contributed by atoms with E-state index in [4.69, 9.17) is 9.47 Å². The molecule has 3 aliphatic rings. The van der Waals surface area contributed by atoms with E-state index in [2.05, 4.69) is 10.3 Å². The van der Waals surface area contributed by atoms with Crippen molar-refractivity contribution in [2.75, 3.05) is 38.1 Å². The number of ether oxygens (including phenoxy) is 2. The van der Waals surface area contributed by atoms with Gasteiger partial charge in [0.2, 0.25) is 5.90 Å². The maximum atomic E-state index is 12.4. The van der Waals surface area contributed by atoms with Crippen LogP contribution in [0.1, 0.15) is 11.1 Å². The summed E-state index contributed by atoms with van der Waals surface area (Å²) < 4.78 is 11.1. The number of benzene rings is 2. The third-order valence-corrected chi connectivity index (χ3v) is 5.50. The van der Waals surface area contributed by atoms with Crippen LogP contribution in [0, 0.1) is 0 Å². The fourth-order valence-electron chi connectivity index (χ4n) is 3.85. The number of hydrogen-bond acceptors (Lipinski definition) is 6. The molecule has 0 aliphatic carbocycles. The quantitative estimate of drug-likeness (QED) is 0.612. The highest BCUT2D eigenvalue weighted by Crippen LogP contribution is 2.32. The van der Waals surface area contributed by atoms with Crippen LogP contribution in [0.3, 0.4) is 0 Å². The zero-order valence-corrected chi connectivity index (χ0v) is 16.9. The topological polar surface area (TPSA) is 83.5 Å². The molecule has 0 radical (unpaired) electrons. The Hall–Kier alpha value is -3.81. The van der Waals surface area contributed by atoms with Crippen LogP contribution in [-0.4, -0.2) is 60.5 Å². The smallest absolute Gasteiger partial charge is 0.365 e. The van der Waals surface area contributed by atoms with Crippen molar-refractivity contribution in [3.05, 3.63) is 71.6 Å². The molecule has 1 N–H and O–H groups in total. The molecule has 2 aromatic carbocycles. The molecule has 1 fully saturated rings. The Morgan fingerprint density at radius 2 is 1.84 bits per heavy atom. The molecule has 2 amide bonds. The first kappa shape index (κ1) is 19.2. The van der Waals surface area contributed by atoms with Gasteiger partial charge in [0.25, 0.3) is 0 Å². The average molecular weight is 418 g/mol. The fraction of sp³-hybridized carbons (Fsp3) is 0.261. The molecule has 0 spiro atoms. The standard InChI is InChI=1S/C23H22N4O4/c28-22-19(25-21(31-22)18-8-4-5-16-9-14-30-20(16)18)15-26-10-12-27(13-11-26)23(29)24-17-6-2-1-3-7-17/h1-8,15H,9-14H2,(H,24,29). The molecule has 5 rings (SSSR count). The summed E-state index contributed by atoms with van der Waals surface area (Å²) in [6.45, 7) is 2.93. The summed E-state index contributed by atoms with van der Waals surface area (Å²) in [5.41, 5.74) is 2.82. The highest BCUT2D eigenvalue weighted by atomic mass is 16.6. The van der Waals surface area contributed by atoms with Crippen LogP contribution in [-0.2, 0) is 16.0 Å². The maximum absolute atomic E-state index is 12.4. The first-order valence-corrected chi connectivity index (χ1v) is 10.3. The monoisotopic (exact) mass is 418 g/mol. The second kappa shape index (κ2) is 8.14. The Morgan fingerprint density at radius 3 is 2.65 bits per heavy atom. The normalized spacial score (nSPS) is 19.0. The van der Waals surface area contributed by atoms with Crippen LogP contribution < -0.4 is 10.1 Å². The number of piperazine rings is 1. The van der Waals surface area contributed by atoms with Crippen LogP contribution in [0.4, 0.5) is 10.5 Å². The second-order valence-electron chi connectivity index (χ2n) is 7.53. The third kappa shape index (κ3) is 3.96. The Morgan fingerprint density at radius 1 is 1.03 bits per heavy atom. The molecule has 0 aromatic heterocycles. The molecule has 8 nitrogen and oxygen atoms in total. The predicted octanol–water partition coefficient (Wildman–Crippen LogP) is 2.62. The fourth-order valence-corrected chi connectivity index (χ4v) is 3.85. The molecule has 0 saturated carbocycles. The molecule has 31 heavy (non-hydrogen) atoms. The lowest BCUT2D eigenvalue weighted by Crippen LogP contribution is -2.48. The first-order chi connectivity index (χ1) is 15.2. The molecule has 3 heterocycles. The lowest BCUT2D eigenvalue weighted by molar-refractivity contribution is -0.130. The van der Waals surface area contributed by atoms with Crippen LogP contribution in [0.2, 0.25) is 0 Å². The molecule has 0 atom stereocenters. The van der Waals surface area contributed by atoms with Gasteiger partial charge in [-0.1, -0.05) is 30.3 Å². The second-order valence-corrected chi connectivity index (χ2v) is 7.53. The number of para-hydroxylation sites is 2. The molecule has 0 unspecified atom stereocenters. The van der Waals surface area contributed by atoms with Gasteiger partial charge in [-0.25, -0.2) is 14.6 Å². The summed E-state index contributed by atoms with van der Waals surface area (Å²) in [6, 6.07) is 15.0. The lowest BCUT2D eigenvalue weighted by atomic mass is 10.1. The van der Waals surface area contributed by atoms with Crippen molar-refractivity contribution < 1.29 is 19.1 Å². The van der Waals surface area contributed by atoms with Crippen LogP contribution in [0.15, 0.2) is 65.4 Å². The number of amides is 2. The van der Waals surface area contributed by atoms with Crippen molar-refractivity contribution in [1.29, 1.82) is 0 Å². The average Bonchev–Trinajstić information content (AvgIpc) is 3.41. The number of cyclic esters (lactones) is 1. The predicted molar refractivity (Wildman–Crippen MR) is 115 cm³/mol. The van der Waals surface area contributed by atoms with Gasteiger partial charge in [-0.3, -0.25) is 0 Å². The number of carbonyl (C=O) groups excluding carboxylic acids is 2. The van der Waals surface area contributed by atoms with Gasteiger partial charge < -0.3 is 24.6 Å². The van der Waals surface area contributed by atoms with Crippen LogP contribution in [0.25, 0.3) is 0 Å². The SMILES string of the molecule is O=C1OC(c2cccc3c2OCC3)=NC1=CN1CCN(C(=O)Nc2ccccc2)CC1. The molecule has 1 saturated heterocycles. The van der Waals surface area contributed by atoms with E-state index in [9.17, 15) is 9.59 Å². The Labute approximate surface area is 179 Å². The number of urea groups is 1. The Bertz CT molecular complexity index is 1070. The number of rotatable bonds is 3. The lowest BCUT2D eigenvalue weighted by Gasteiger charge is -2.34. The zero-order chi connectivity index (χ0) is 21.2. The number of fused-ring (bicyclic) bond motifs is 1. The number of hydrogen-bond donors (Lipinski definition) is 1. The Balaban J connectivity index is 1.23. The maximum Gasteiger partial charge on any atom is 0.365 e. The Kier molecular flexibility index (Phi) is 5.03. The van der Waals surface area contributed by atoms with E-state index in [1.54, 1.807) is 11.1 Å². The molecule has 3 aliphatic heterocycles. The van der Waals surface area contributed by atoms with Gasteiger partial charge in [0.1, 0.15) is 5.75 Å². The van der Waals surface area contributed by atoms with E-state index in [1.807, 2.05) is 53.4 Å². The zero-order valence-electron chi connectivity index (χ0n) is 16.9. The van der Waals surface area contributed by atoms with Crippen molar-refractivity contribution in [3.8, 4) is 5.75 Å². The van der Waals surface area contributed by atoms with E-state index in [1.165, 1.54) is 0 Å². The van der Waals surface area contributed by atoms with Gasteiger partial charge >= 0.3 is 12.0 Å². The summed E-state index contributed by atoms with van der Waals surface area (Å²) in [5.74, 6) is 0.541. The highest BCUT2D eigenvalue weighted by molar-refractivity contribution is 6.12. The molecule has 2 aromatic rings. The van der Waals surface area contributed by atoms with Gasteiger partial charge in [-0.2, -0.15) is 0 Å². The highest BCUT2D eigenvalue weighted by Gasteiger charge is 2.30.